The smallest absolute Gasteiger partial charge is 0.309 e. The number of hydrogen-bond acceptors (Lipinski definition) is 3. The van der Waals surface area contributed by atoms with Gasteiger partial charge in [-0.1, -0.05) is 35.9 Å². The van der Waals surface area contributed by atoms with Gasteiger partial charge >= 0.3 is 5.97 Å². The second kappa shape index (κ2) is 5.53. The number of hydrogen-bond donors (Lipinski definition) is 0. The van der Waals surface area contributed by atoms with Crippen molar-refractivity contribution in [1.82, 2.24) is 9.55 Å². The summed E-state index contributed by atoms with van der Waals surface area (Å²) in [6.45, 7) is 2.80. The van der Waals surface area contributed by atoms with E-state index >= 15 is 0 Å². The highest BCUT2D eigenvalue weighted by molar-refractivity contribution is 6.30. The van der Waals surface area contributed by atoms with Gasteiger partial charge in [0.15, 0.2) is 5.15 Å². The fourth-order valence-corrected chi connectivity index (χ4v) is 3.17. The summed E-state index contributed by atoms with van der Waals surface area (Å²) in [6, 6.07) is 8.12. The number of aryl methyl sites for hydroxylation is 1. The first-order chi connectivity index (χ1) is 10.1. The Kier molecular flexibility index (Phi) is 3.72. The predicted molar refractivity (Wildman–Crippen MR) is 81.2 cm³/mol. The molecule has 1 aliphatic rings. The number of fused-ring (bicyclic) bond motifs is 1. The molecule has 0 amide bonds. The number of imidazole rings is 1. The molecule has 0 radical (unpaired) electrons. The largest absolute Gasteiger partial charge is 0.469 e. The van der Waals surface area contributed by atoms with Gasteiger partial charge in [-0.3, -0.25) is 4.79 Å². The summed E-state index contributed by atoms with van der Waals surface area (Å²) >= 11 is 6.29. The second-order valence-electron chi connectivity index (χ2n) is 5.35. The zero-order valence-electron chi connectivity index (χ0n) is 12.1. The first-order valence-electron chi connectivity index (χ1n) is 7.00. The standard InChI is InChI=1S/C16H17ClN2O2/c1-10-5-3-4-6-12(10)15-18-14(17)13-9-11(16(20)21-2)7-8-19(13)15/h3-6,11H,7-9H2,1-2H3. The lowest BCUT2D eigenvalue weighted by Crippen LogP contribution is -2.26. The van der Waals surface area contributed by atoms with Crippen LogP contribution in [0.25, 0.3) is 11.4 Å². The summed E-state index contributed by atoms with van der Waals surface area (Å²) in [5, 5.41) is 0.488. The monoisotopic (exact) mass is 304 g/mol. The van der Waals surface area contributed by atoms with E-state index in [1.165, 1.54) is 7.11 Å². The molecule has 1 unspecified atom stereocenters. The Bertz CT molecular complexity index is 694. The molecule has 0 aliphatic carbocycles. The van der Waals surface area contributed by atoms with Crippen LogP contribution in [0.15, 0.2) is 24.3 Å². The molecule has 0 fully saturated rings. The number of nitrogens with zero attached hydrogens (tertiary/aromatic N) is 2. The predicted octanol–water partition coefficient (Wildman–Crippen LogP) is 3.25. The van der Waals surface area contributed by atoms with E-state index in [9.17, 15) is 4.79 Å². The minimum Gasteiger partial charge on any atom is -0.469 e. The molecular weight excluding hydrogens is 288 g/mol. The third kappa shape index (κ3) is 2.44. The van der Waals surface area contributed by atoms with Crippen molar-refractivity contribution in [3.63, 3.8) is 0 Å². The highest BCUT2D eigenvalue weighted by Gasteiger charge is 2.30. The minimum atomic E-state index is -0.170. The van der Waals surface area contributed by atoms with Gasteiger partial charge in [-0.2, -0.15) is 0 Å². The quantitative estimate of drug-likeness (QED) is 0.800. The summed E-state index contributed by atoms with van der Waals surface area (Å²) in [5.41, 5.74) is 3.18. The van der Waals surface area contributed by atoms with Crippen LogP contribution in [0.1, 0.15) is 17.7 Å². The van der Waals surface area contributed by atoms with E-state index in [1.54, 1.807) is 0 Å². The van der Waals surface area contributed by atoms with Crippen LogP contribution in [0.2, 0.25) is 5.15 Å². The molecule has 0 saturated carbocycles. The zero-order valence-corrected chi connectivity index (χ0v) is 12.9. The van der Waals surface area contributed by atoms with Gasteiger partial charge < -0.3 is 9.30 Å². The number of aromatic nitrogens is 2. The molecular formula is C16H17ClN2O2. The average Bonchev–Trinajstić information content (AvgIpc) is 2.83. The van der Waals surface area contributed by atoms with Crippen LogP contribution < -0.4 is 0 Å². The Morgan fingerprint density at radius 2 is 2.19 bits per heavy atom. The van der Waals surface area contributed by atoms with Crippen LogP contribution >= 0.6 is 11.6 Å². The van der Waals surface area contributed by atoms with Gasteiger partial charge in [0.1, 0.15) is 5.82 Å². The number of carbonyl (C=O) groups is 1. The maximum atomic E-state index is 11.7. The molecule has 21 heavy (non-hydrogen) atoms. The number of halogens is 1. The number of ether oxygens (including phenoxy) is 1. The van der Waals surface area contributed by atoms with E-state index in [4.69, 9.17) is 16.3 Å². The molecule has 5 heteroatoms. The third-order valence-electron chi connectivity index (χ3n) is 4.09. The maximum absolute atomic E-state index is 11.7. The lowest BCUT2D eigenvalue weighted by atomic mass is 9.96. The van der Waals surface area contributed by atoms with Gasteiger partial charge in [0.25, 0.3) is 0 Å². The van der Waals surface area contributed by atoms with Crippen LogP contribution in [0.4, 0.5) is 0 Å². The van der Waals surface area contributed by atoms with Gasteiger partial charge in [0, 0.05) is 18.5 Å². The number of benzene rings is 1. The Balaban J connectivity index is 2.02. The summed E-state index contributed by atoms with van der Waals surface area (Å²) in [4.78, 5) is 16.2. The molecule has 0 spiro atoms. The minimum absolute atomic E-state index is 0.124. The van der Waals surface area contributed by atoms with E-state index in [0.717, 1.165) is 35.6 Å². The second-order valence-corrected chi connectivity index (χ2v) is 5.71. The molecule has 1 aromatic heterocycles. The summed E-state index contributed by atoms with van der Waals surface area (Å²) < 4.78 is 6.97. The first kappa shape index (κ1) is 14.1. The molecule has 4 nitrogen and oxygen atoms in total. The Hall–Kier alpha value is -1.81. The van der Waals surface area contributed by atoms with Crippen molar-refractivity contribution < 1.29 is 9.53 Å². The van der Waals surface area contributed by atoms with E-state index < -0.39 is 0 Å². The summed E-state index contributed by atoms with van der Waals surface area (Å²) in [5.74, 6) is 0.591. The number of carbonyl (C=O) groups excluding carboxylic acids is 1. The highest BCUT2D eigenvalue weighted by Crippen LogP contribution is 2.33. The van der Waals surface area contributed by atoms with Crippen molar-refractivity contribution in [2.24, 2.45) is 5.92 Å². The van der Waals surface area contributed by atoms with Gasteiger partial charge in [-0.05, 0) is 18.9 Å². The molecule has 1 aliphatic heterocycles. The average molecular weight is 305 g/mol. The molecule has 110 valence electrons. The molecule has 3 rings (SSSR count). The lowest BCUT2D eigenvalue weighted by Gasteiger charge is -2.23. The Morgan fingerprint density at radius 1 is 1.43 bits per heavy atom. The fraction of sp³-hybridized carbons (Fsp3) is 0.375. The van der Waals surface area contributed by atoms with Crippen molar-refractivity contribution in [1.29, 1.82) is 0 Å². The normalized spacial score (nSPS) is 17.4. The lowest BCUT2D eigenvalue weighted by molar-refractivity contribution is -0.146. The van der Waals surface area contributed by atoms with Crippen LogP contribution in [0.3, 0.4) is 0 Å². The molecule has 0 saturated heterocycles. The Morgan fingerprint density at radius 3 is 2.90 bits per heavy atom. The summed E-state index contributed by atoms with van der Waals surface area (Å²) in [6.07, 6.45) is 1.34. The van der Waals surface area contributed by atoms with Crippen LogP contribution in [0.5, 0.6) is 0 Å². The van der Waals surface area contributed by atoms with Crippen molar-refractivity contribution in [2.45, 2.75) is 26.3 Å². The van der Waals surface area contributed by atoms with Gasteiger partial charge in [0.05, 0.1) is 18.7 Å². The highest BCUT2D eigenvalue weighted by atomic mass is 35.5. The van der Waals surface area contributed by atoms with Gasteiger partial charge in [0.2, 0.25) is 0 Å². The van der Waals surface area contributed by atoms with Crippen molar-refractivity contribution >= 4 is 17.6 Å². The van der Waals surface area contributed by atoms with E-state index in [1.807, 2.05) is 18.2 Å². The van der Waals surface area contributed by atoms with Crippen LogP contribution in [-0.2, 0) is 22.5 Å². The van der Waals surface area contributed by atoms with Gasteiger partial charge in [-0.25, -0.2) is 4.98 Å². The van der Waals surface area contributed by atoms with Crippen molar-refractivity contribution in [3.05, 3.63) is 40.7 Å². The maximum Gasteiger partial charge on any atom is 0.309 e. The third-order valence-corrected chi connectivity index (χ3v) is 4.39. The summed E-state index contributed by atoms with van der Waals surface area (Å²) in [7, 11) is 1.43. The zero-order chi connectivity index (χ0) is 15.0. The topological polar surface area (TPSA) is 44.1 Å². The number of rotatable bonds is 2. The van der Waals surface area contributed by atoms with Crippen LogP contribution in [-0.4, -0.2) is 22.6 Å². The van der Waals surface area contributed by atoms with Crippen molar-refractivity contribution in [3.8, 4) is 11.4 Å². The molecule has 0 bridgehead atoms. The fourth-order valence-electron chi connectivity index (χ4n) is 2.91. The molecule has 2 aromatic rings. The number of esters is 1. The SMILES string of the molecule is COC(=O)C1CCn2c(-c3ccccc3C)nc(Cl)c2C1. The van der Waals surface area contributed by atoms with E-state index in [2.05, 4.69) is 22.5 Å². The van der Waals surface area contributed by atoms with E-state index in [0.29, 0.717) is 11.6 Å². The number of methoxy groups -OCH3 is 1. The molecule has 0 N–H and O–H groups in total. The Labute approximate surface area is 128 Å². The first-order valence-corrected chi connectivity index (χ1v) is 7.38. The molecule has 2 heterocycles. The van der Waals surface area contributed by atoms with Crippen LogP contribution in [0, 0.1) is 12.8 Å². The van der Waals surface area contributed by atoms with E-state index in [-0.39, 0.29) is 11.9 Å². The van der Waals surface area contributed by atoms with Gasteiger partial charge in [-0.15, -0.1) is 0 Å². The molecule has 1 aromatic carbocycles. The molecule has 1 atom stereocenters. The van der Waals surface area contributed by atoms with Crippen molar-refractivity contribution in [2.75, 3.05) is 7.11 Å².